The summed E-state index contributed by atoms with van der Waals surface area (Å²) in [6.07, 6.45) is 3.17. The number of hydrogen-bond donors (Lipinski definition) is 1. The summed E-state index contributed by atoms with van der Waals surface area (Å²) in [4.78, 5) is 0.262. The molecule has 0 amide bonds. The van der Waals surface area contributed by atoms with Gasteiger partial charge in [0, 0.05) is 0 Å². The van der Waals surface area contributed by atoms with Crippen LogP contribution < -0.4 is 4.72 Å². The molecule has 5 nitrogen and oxygen atoms in total. The van der Waals surface area contributed by atoms with E-state index < -0.39 is 10.0 Å². The van der Waals surface area contributed by atoms with Gasteiger partial charge in [0.1, 0.15) is 0 Å². The topological polar surface area (TPSA) is 64.0 Å². The van der Waals surface area contributed by atoms with E-state index in [0.717, 1.165) is 36.1 Å². The molecule has 1 aromatic heterocycles. The SMILES string of the molecule is CCCCc1ccc(S(=O)(=O)Nc2c(C)nn(Cc3cccc4ccccc34)c2C)cc1. The zero-order chi connectivity index (χ0) is 22.7. The number of benzene rings is 3. The van der Waals surface area contributed by atoms with E-state index in [1.54, 1.807) is 12.1 Å². The second kappa shape index (κ2) is 9.17. The highest BCUT2D eigenvalue weighted by Gasteiger charge is 2.20. The number of nitrogens with one attached hydrogen (secondary N) is 1. The molecule has 0 spiro atoms. The van der Waals surface area contributed by atoms with E-state index in [0.29, 0.717) is 17.9 Å². The van der Waals surface area contributed by atoms with Crippen molar-refractivity contribution in [3.63, 3.8) is 0 Å². The molecule has 0 unspecified atom stereocenters. The Morgan fingerprint density at radius 2 is 1.66 bits per heavy atom. The van der Waals surface area contributed by atoms with E-state index >= 15 is 0 Å². The molecule has 1 heterocycles. The van der Waals surface area contributed by atoms with E-state index in [1.165, 1.54) is 10.8 Å². The van der Waals surface area contributed by atoms with Gasteiger partial charge in [-0.3, -0.25) is 9.40 Å². The summed E-state index contributed by atoms with van der Waals surface area (Å²) in [6.45, 7) is 6.45. The Morgan fingerprint density at radius 3 is 2.41 bits per heavy atom. The monoisotopic (exact) mass is 447 g/mol. The van der Waals surface area contributed by atoms with Gasteiger partial charge < -0.3 is 0 Å². The molecule has 0 aliphatic heterocycles. The van der Waals surface area contributed by atoms with Crippen molar-refractivity contribution in [2.75, 3.05) is 4.72 Å². The maximum Gasteiger partial charge on any atom is 0.262 e. The third kappa shape index (κ3) is 4.55. The van der Waals surface area contributed by atoms with Gasteiger partial charge in [0.2, 0.25) is 0 Å². The Balaban J connectivity index is 1.59. The first kappa shape index (κ1) is 22.1. The molecule has 4 aromatic rings. The summed E-state index contributed by atoms with van der Waals surface area (Å²) in [6, 6.07) is 21.6. The molecule has 0 aliphatic carbocycles. The zero-order valence-corrected chi connectivity index (χ0v) is 19.6. The highest BCUT2D eigenvalue weighted by atomic mass is 32.2. The molecule has 32 heavy (non-hydrogen) atoms. The van der Waals surface area contributed by atoms with Gasteiger partial charge in [-0.05, 0) is 60.7 Å². The molecule has 3 aromatic carbocycles. The van der Waals surface area contributed by atoms with Gasteiger partial charge in [0.15, 0.2) is 0 Å². The number of fused-ring (bicyclic) bond motifs is 1. The van der Waals surface area contributed by atoms with Crippen LogP contribution in [0.25, 0.3) is 10.8 Å². The molecule has 166 valence electrons. The highest BCUT2D eigenvalue weighted by molar-refractivity contribution is 7.92. The molecule has 0 atom stereocenters. The summed E-state index contributed by atoms with van der Waals surface area (Å²) in [5.41, 5.74) is 4.29. The largest absolute Gasteiger partial charge is 0.276 e. The fourth-order valence-electron chi connectivity index (χ4n) is 4.00. The van der Waals surface area contributed by atoms with Crippen LogP contribution in [0.3, 0.4) is 0 Å². The van der Waals surface area contributed by atoms with Gasteiger partial charge >= 0.3 is 0 Å². The standard InChI is InChI=1S/C26H29N3O2S/c1-4-5-9-21-14-16-24(17-15-21)32(30,31)28-26-19(2)27-29(20(26)3)18-23-12-8-11-22-10-6-7-13-25(22)23/h6-8,10-17,28H,4-5,9,18H2,1-3H3. The number of sulfonamides is 1. The number of hydrogen-bond acceptors (Lipinski definition) is 3. The number of nitrogens with zero attached hydrogens (tertiary/aromatic N) is 2. The Bertz CT molecular complexity index is 1330. The van der Waals surface area contributed by atoms with Crippen LogP contribution >= 0.6 is 0 Å². The first-order valence-corrected chi connectivity index (χ1v) is 12.5. The van der Waals surface area contributed by atoms with Gasteiger partial charge in [0.25, 0.3) is 10.0 Å². The lowest BCUT2D eigenvalue weighted by Gasteiger charge is -2.11. The maximum absolute atomic E-state index is 13.0. The van der Waals surface area contributed by atoms with E-state index in [1.807, 2.05) is 48.9 Å². The summed E-state index contributed by atoms with van der Waals surface area (Å²) in [5, 5.41) is 6.98. The van der Waals surface area contributed by atoms with Crippen molar-refractivity contribution in [2.24, 2.45) is 0 Å². The smallest absolute Gasteiger partial charge is 0.262 e. The molecule has 0 saturated carbocycles. The minimum absolute atomic E-state index is 0.262. The van der Waals surface area contributed by atoms with Gasteiger partial charge in [-0.15, -0.1) is 0 Å². The van der Waals surface area contributed by atoms with Gasteiger partial charge in [-0.25, -0.2) is 8.42 Å². The molecular formula is C26H29N3O2S. The second-order valence-electron chi connectivity index (χ2n) is 8.19. The first-order valence-electron chi connectivity index (χ1n) is 11.0. The highest BCUT2D eigenvalue weighted by Crippen LogP contribution is 2.26. The third-order valence-electron chi connectivity index (χ3n) is 5.87. The van der Waals surface area contributed by atoms with Gasteiger partial charge in [0.05, 0.1) is 28.5 Å². The maximum atomic E-state index is 13.0. The molecule has 0 fully saturated rings. The second-order valence-corrected chi connectivity index (χ2v) is 9.88. The normalized spacial score (nSPS) is 11.7. The molecular weight excluding hydrogens is 418 g/mol. The lowest BCUT2D eigenvalue weighted by molar-refractivity contribution is 0.601. The summed E-state index contributed by atoms with van der Waals surface area (Å²) >= 11 is 0. The minimum atomic E-state index is -3.69. The van der Waals surface area contributed by atoms with Crippen LogP contribution in [0.5, 0.6) is 0 Å². The first-order chi connectivity index (χ1) is 15.4. The average molecular weight is 448 g/mol. The number of rotatable bonds is 8. The predicted octanol–water partition coefficient (Wildman–Crippen LogP) is 5.84. The third-order valence-corrected chi connectivity index (χ3v) is 7.24. The lowest BCUT2D eigenvalue weighted by Crippen LogP contribution is -2.14. The Kier molecular flexibility index (Phi) is 6.33. The minimum Gasteiger partial charge on any atom is -0.276 e. The lowest BCUT2D eigenvalue weighted by atomic mass is 10.0. The van der Waals surface area contributed by atoms with Crippen molar-refractivity contribution < 1.29 is 8.42 Å². The fraction of sp³-hybridized carbons (Fsp3) is 0.269. The van der Waals surface area contributed by atoms with Crippen LogP contribution in [-0.2, 0) is 23.0 Å². The van der Waals surface area contributed by atoms with E-state index in [-0.39, 0.29) is 4.90 Å². The zero-order valence-electron chi connectivity index (χ0n) is 18.8. The van der Waals surface area contributed by atoms with Crippen molar-refractivity contribution in [3.05, 3.63) is 89.2 Å². The van der Waals surface area contributed by atoms with Crippen LogP contribution in [0.15, 0.2) is 71.6 Å². The quantitative estimate of drug-likeness (QED) is 0.369. The van der Waals surface area contributed by atoms with Crippen molar-refractivity contribution in [1.82, 2.24) is 9.78 Å². The molecule has 0 aliphatic rings. The molecule has 1 N–H and O–H groups in total. The van der Waals surface area contributed by atoms with Crippen LogP contribution in [0.2, 0.25) is 0 Å². The predicted molar refractivity (Wildman–Crippen MR) is 131 cm³/mol. The fourth-order valence-corrected chi connectivity index (χ4v) is 5.18. The Labute approximate surface area is 190 Å². The van der Waals surface area contributed by atoms with Crippen molar-refractivity contribution in [1.29, 1.82) is 0 Å². The van der Waals surface area contributed by atoms with Gasteiger partial charge in [-0.1, -0.05) is 67.9 Å². The molecule has 6 heteroatoms. The van der Waals surface area contributed by atoms with Crippen molar-refractivity contribution >= 4 is 26.5 Å². The molecule has 4 rings (SSSR count). The van der Waals surface area contributed by atoms with Crippen LogP contribution in [0.1, 0.15) is 42.3 Å². The average Bonchev–Trinajstić information content (AvgIpc) is 3.05. The number of aryl methyl sites for hydroxylation is 2. The Hall–Kier alpha value is -3.12. The number of aromatic nitrogens is 2. The van der Waals surface area contributed by atoms with E-state index in [2.05, 4.69) is 41.0 Å². The molecule has 0 bridgehead atoms. The summed E-state index contributed by atoms with van der Waals surface area (Å²) < 4.78 is 30.7. The number of unbranched alkanes of at least 4 members (excludes halogenated alkanes) is 1. The van der Waals surface area contributed by atoms with E-state index in [4.69, 9.17) is 0 Å². The van der Waals surface area contributed by atoms with Crippen molar-refractivity contribution in [2.45, 2.75) is 51.5 Å². The van der Waals surface area contributed by atoms with Crippen LogP contribution in [0.4, 0.5) is 5.69 Å². The summed E-state index contributed by atoms with van der Waals surface area (Å²) in [5.74, 6) is 0. The van der Waals surface area contributed by atoms with E-state index in [9.17, 15) is 8.42 Å². The van der Waals surface area contributed by atoms with Crippen molar-refractivity contribution in [3.8, 4) is 0 Å². The van der Waals surface area contributed by atoms with Crippen LogP contribution in [-0.4, -0.2) is 18.2 Å². The van der Waals surface area contributed by atoms with Gasteiger partial charge in [-0.2, -0.15) is 5.10 Å². The summed E-state index contributed by atoms with van der Waals surface area (Å²) in [7, 11) is -3.69. The van der Waals surface area contributed by atoms with Crippen LogP contribution in [0, 0.1) is 13.8 Å². The molecule has 0 radical (unpaired) electrons. The number of anilines is 1. The Morgan fingerprint density at radius 1 is 0.938 bits per heavy atom. The molecule has 0 saturated heterocycles.